The molecule has 0 radical (unpaired) electrons. The SMILES string of the molecule is CCCCOCCOCCNC(=NCc1ccc(OC(C)C)cc1)NCC. The van der Waals surface area contributed by atoms with Gasteiger partial charge in [-0.25, -0.2) is 4.99 Å². The molecule has 0 bridgehead atoms. The Morgan fingerprint density at radius 3 is 2.30 bits per heavy atom. The van der Waals surface area contributed by atoms with Crippen LogP contribution in [-0.4, -0.2) is 51.6 Å². The van der Waals surface area contributed by atoms with Crippen LogP contribution in [0.2, 0.25) is 0 Å². The van der Waals surface area contributed by atoms with E-state index in [9.17, 15) is 0 Å². The molecule has 0 unspecified atom stereocenters. The molecular formula is C21H37N3O3. The first kappa shape index (κ1) is 23.2. The van der Waals surface area contributed by atoms with E-state index in [1.807, 2.05) is 38.1 Å². The summed E-state index contributed by atoms with van der Waals surface area (Å²) in [5, 5.41) is 6.54. The van der Waals surface area contributed by atoms with E-state index in [0.717, 1.165) is 43.3 Å². The van der Waals surface area contributed by atoms with Crippen molar-refractivity contribution >= 4 is 5.96 Å². The van der Waals surface area contributed by atoms with E-state index in [1.54, 1.807) is 0 Å². The van der Waals surface area contributed by atoms with Crippen LogP contribution in [-0.2, 0) is 16.0 Å². The summed E-state index contributed by atoms with van der Waals surface area (Å²) in [4.78, 5) is 4.62. The summed E-state index contributed by atoms with van der Waals surface area (Å²) >= 11 is 0. The van der Waals surface area contributed by atoms with E-state index >= 15 is 0 Å². The molecule has 1 aromatic rings. The van der Waals surface area contributed by atoms with Crippen molar-refractivity contribution in [3.63, 3.8) is 0 Å². The fourth-order valence-electron chi connectivity index (χ4n) is 2.27. The zero-order chi connectivity index (χ0) is 19.7. The van der Waals surface area contributed by atoms with Crippen LogP contribution in [0, 0.1) is 0 Å². The Hall–Kier alpha value is -1.79. The quantitative estimate of drug-likeness (QED) is 0.295. The first-order valence-corrected chi connectivity index (χ1v) is 10.1. The molecule has 0 saturated carbocycles. The minimum absolute atomic E-state index is 0.184. The molecule has 0 spiro atoms. The highest BCUT2D eigenvalue weighted by Crippen LogP contribution is 2.14. The number of nitrogens with zero attached hydrogens (tertiary/aromatic N) is 1. The van der Waals surface area contributed by atoms with Gasteiger partial charge in [-0.2, -0.15) is 0 Å². The second-order valence-electron chi connectivity index (χ2n) is 6.51. The summed E-state index contributed by atoms with van der Waals surface area (Å²) < 4.78 is 16.7. The Labute approximate surface area is 164 Å². The van der Waals surface area contributed by atoms with E-state index in [0.29, 0.717) is 32.9 Å². The molecule has 0 saturated heterocycles. The molecule has 0 fully saturated rings. The maximum absolute atomic E-state index is 5.66. The largest absolute Gasteiger partial charge is 0.491 e. The van der Waals surface area contributed by atoms with Crippen LogP contribution < -0.4 is 15.4 Å². The number of unbranched alkanes of at least 4 members (excludes halogenated alkanes) is 1. The summed E-state index contributed by atoms with van der Waals surface area (Å²) in [5.41, 5.74) is 1.14. The van der Waals surface area contributed by atoms with Crippen LogP contribution in [0.15, 0.2) is 29.3 Å². The minimum Gasteiger partial charge on any atom is -0.491 e. The molecule has 0 aromatic heterocycles. The van der Waals surface area contributed by atoms with E-state index in [4.69, 9.17) is 14.2 Å². The Morgan fingerprint density at radius 1 is 0.963 bits per heavy atom. The number of benzene rings is 1. The van der Waals surface area contributed by atoms with Crippen molar-refractivity contribution < 1.29 is 14.2 Å². The first-order valence-electron chi connectivity index (χ1n) is 10.1. The van der Waals surface area contributed by atoms with Gasteiger partial charge in [0.2, 0.25) is 0 Å². The predicted octanol–water partition coefficient (Wildman–Crippen LogP) is 3.36. The lowest BCUT2D eigenvalue weighted by molar-refractivity contribution is 0.0487. The molecule has 6 heteroatoms. The number of guanidine groups is 1. The lowest BCUT2D eigenvalue weighted by Gasteiger charge is -2.12. The molecule has 0 atom stereocenters. The van der Waals surface area contributed by atoms with Gasteiger partial charge in [-0.3, -0.25) is 0 Å². The van der Waals surface area contributed by atoms with Gasteiger partial charge in [0.05, 0.1) is 32.5 Å². The highest BCUT2D eigenvalue weighted by Gasteiger charge is 2.00. The van der Waals surface area contributed by atoms with Crippen molar-refractivity contribution in [2.75, 3.05) is 39.5 Å². The van der Waals surface area contributed by atoms with Gasteiger partial charge in [0.25, 0.3) is 0 Å². The highest BCUT2D eigenvalue weighted by molar-refractivity contribution is 5.79. The topological polar surface area (TPSA) is 64.1 Å². The van der Waals surface area contributed by atoms with Crippen LogP contribution in [0.4, 0.5) is 0 Å². The maximum Gasteiger partial charge on any atom is 0.191 e. The molecule has 0 heterocycles. The zero-order valence-corrected chi connectivity index (χ0v) is 17.4. The van der Waals surface area contributed by atoms with E-state index in [-0.39, 0.29) is 6.10 Å². The number of aliphatic imine (C=N–C) groups is 1. The average Bonchev–Trinajstić information content (AvgIpc) is 2.65. The zero-order valence-electron chi connectivity index (χ0n) is 17.4. The molecule has 154 valence electrons. The van der Waals surface area contributed by atoms with E-state index < -0.39 is 0 Å². The average molecular weight is 380 g/mol. The molecule has 1 aromatic carbocycles. The summed E-state index contributed by atoms with van der Waals surface area (Å²) in [6, 6.07) is 8.07. The summed E-state index contributed by atoms with van der Waals surface area (Å²) in [5.74, 6) is 1.68. The van der Waals surface area contributed by atoms with Gasteiger partial charge in [-0.15, -0.1) is 0 Å². The number of hydrogen-bond acceptors (Lipinski definition) is 4. The van der Waals surface area contributed by atoms with Gasteiger partial charge < -0.3 is 24.8 Å². The summed E-state index contributed by atoms with van der Waals surface area (Å²) in [6.07, 6.45) is 2.45. The minimum atomic E-state index is 0.184. The van der Waals surface area contributed by atoms with Gasteiger partial charge in [0.15, 0.2) is 5.96 Å². The molecule has 1 rings (SSSR count). The van der Waals surface area contributed by atoms with Crippen LogP contribution in [0.1, 0.15) is 46.1 Å². The normalized spacial score (nSPS) is 11.7. The molecule has 0 aliphatic rings. The van der Waals surface area contributed by atoms with Gasteiger partial charge >= 0.3 is 0 Å². The monoisotopic (exact) mass is 379 g/mol. The van der Waals surface area contributed by atoms with Crippen LogP contribution >= 0.6 is 0 Å². The van der Waals surface area contributed by atoms with Gasteiger partial charge in [0, 0.05) is 19.7 Å². The molecule has 0 amide bonds. The lowest BCUT2D eigenvalue weighted by Crippen LogP contribution is -2.39. The van der Waals surface area contributed by atoms with Gasteiger partial charge in [-0.05, 0) is 44.9 Å². The van der Waals surface area contributed by atoms with Crippen LogP contribution in [0.3, 0.4) is 0 Å². The number of nitrogens with one attached hydrogen (secondary N) is 2. The Kier molecular flexibility index (Phi) is 13.2. The van der Waals surface area contributed by atoms with Crippen LogP contribution in [0.25, 0.3) is 0 Å². The third-order valence-electron chi connectivity index (χ3n) is 3.61. The van der Waals surface area contributed by atoms with Gasteiger partial charge in [0.1, 0.15) is 5.75 Å². The third-order valence-corrected chi connectivity index (χ3v) is 3.61. The van der Waals surface area contributed by atoms with E-state index in [2.05, 4.69) is 29.5 Å². The maximum atomic E-state index is 5.66. The lowest BCUT2D eigenvalue weighted by atomic mass is 10.2. The Bertz CT molecular complexity index is 504. The van der Waals surface area contributed by atoms with Crippen molar-refractivity contribution in [1.82, 2.24) is 10.6 Å². The second-order valence-corrected chi connectivity index (χ2v) is 6.51. The third kappa shape index (κ3) is 12.3. The first-order chi connectivity index (χ1) is 13.2. The van der Waals surface area contributed by atoms with Crippen LogP contribution in [0.5, 0.6) is 5.75 Å². The molecular weight excluding hydrogens is 342 g/mol. The molecule has 6 nitrogen and oxygen atoms in total. The fourth-order valence-corrected chi connectivity index (χ4v) is 2.27. The molecule has 0 aliphatic heterocycles. The van der Waals surface area contributed by atoms with E-state index in [1.165, 1.54) is 0 Å². The van der Waals surface area contributed by atoms with Gasteiger partial charge in [-0.1, -0.05) is 25.5 Å². The molecule has 2 N–H and O–H groups in total. The summed E-state index contributed by atoms with van der Waals surface area (Å²) in [7, 11) is 0. The number of hydrogen-bond donors (Lipinski definition) is 2. The van der Waals surface area contributed by atoms with Crippen molar-refractivity contribution in [2.24, 2.45) is 4.99 Å². The number of rotatable bonds is 14. The smallest absolute Gasteiger partial charge is 0.191 e. The second kappa shape index (κ2) is 15.3. The predicted molar refractivity (Wildman–Crippen MR) is 112 cm³/mol. The van der Waals surface area contributed by atoms with Crippen molar-refractivity contribution in [3.05, 3.63) is 29.8 Å². The Balaban J connectivity index is 2.27. The van der Waals surface area contributed by atoms with Crippen molar-refractivity contribution in [3.8, 4) is 5.75 Å². The van der Waals surface area contributed by atoms with Crippen molar-refractivity contribution in [2.45, 2.75) is 53.2 Å². The highest BCUT2D eigenvalue weighted by atomic mass is 16.5. The summed E-state index contributed by atoms with van der Waals surface area (Å²) in [6.45, 7) is 13.1. The van der Waals surface area contributed by atoms with Crippen molar-refractivity contribution in [1.29, 1.82) is 0 Å². The molecule has 0 aliphatic carbocycles. The molecule has 27 heavy (non-hydrogen) atoms. The standard InChI is InChI=1S/C21H37N3O3/c1-5-7-13-25-15-16-26-14-12-23-21(22-6-2)24-17-19-8-10-20(11-9-19)27-18(3)4/h8-11,18H,5-7,12-17H2,1-4H3,(H2,22,23,24). The Morgan fingerprint density at radius 2 is 1.67 bits per heavy atom. The fraction of sp³-hybridized carbons (Fsp3) is 0.667. The number of ether oxygens (including phenoxy) is 3.